The Morgan fingerprint density at radius 1 is 1.67 bits per heavy atom. The van der Waals surface area contributed by atoms with Gasteiger partial charge in [-0.15, -0.1) is 10.1 Å². The molecule has 0 aliphatic carbocycles. The molecular weight excluding hydrogens is 200 g/mol. The van der Waals surface area contributed by atoms with Crippen LogP contribution in [0.3, 0.4) is 0 Å². The van der Waals surface area contributed by atoms with Gasteiger partial charge in [-0.2, -0.15) is 0 Å². The van der Waals surface area contributed by atoms with Crippen molar-refractivity contribution in [3.63, 3.8) is 0 Å². The SMILES string of the molecule is O=[N+]([O-])O.[O]=[SbH]. The predicted molar refractivity (Wildman–Crippen MR) is 16.6 cm³/mol. The van der Waals surface area contributed by atoms with Crippen LogP contribution in [0.1, 0.15) is 0 Å². The van der Waals surface area contributed by atoms with E-state index < -0.39 is 5.09 Å². The Bertz CT molecular complexity index is 38.8. The summed E-state index contributed by atoms with van der Waals surface area (Å²) in [6.07, 6.45) is 0. The zero-order valence-electron chi connectivity index (χ0n) is 2.62. The Balaban J connectivity index is 0. The van der Waals surface area contributed by atoms with Crippen LogP contribution in [0.25, 0.3) is 0 Å². The van der Waals surface area contributed by atoms with Crippen LogP contribution < -0.4 is 0 Å². The zero-order chi connectivity index (χ0) is 5.58. The molecule has 0 heterocycles. The fraction of sp³-hybridized carbons (Fsp3) is 0. The second-order valence-electron chi connectivity index (χ2n) is 0.238. The normalized spacial score (nSPS) is 4.67. The maximum atomic E-state index is 8.36. The molecule has 0 amide bonds. The van der Waals surface area contributed by atoms with Crippen molar-refractivity contribution in [2.75, 3.05) is 0 Å². The van der Waals surface area contributed by atoms with E-state index in [4.69, 9.17) is 18.3 Å². The summed E-state index contributed by atoms with van der Waals surface area (Å²) in [6.45, 7) is 0. The molecule has 1 N–H and O–H groups in total. The topological polar surface area (TPSA) is 80.4 Å². The van der Waals surface area contributed by atoms with Gasteiger partial charge in [0.05, 0.1) is 0 Å². The molecule has 0 aromatic carbocycles. The van der Waals surface area contributed by atoms with Gasteiger partial charge < -0.3 is 5.21 Å². The van der Waals surface area contributed by atoms with Gasteiger partial charge in [-0.3, -0.25) is 0 Å². The first-order valence-electron chi connectivity index (χ1n) is 0.769. The first kappa shape index (κ1) is 9.26. The Morgan fingerprint density at radius 3 is 1.67 bits per heavy atom. The standard InChI is InChI=1S/HNO3.O.Sb.H/c2-1(3)4;;;/h(H,2,3,4);;;. The third kappa shape index (κ3) is 917. The van der Waals surface area contributed by atoms with Gasteiger partial charge in [-0.1, -0.05) is 0 Å². The second kappa shape index (κ2) is 8.84. The van der Waals surface area contributed by atoms with Crippen LogP contribution in [0.4, 0.5) is 0 Å². The van der Waals surface area contributed by atoms with E-state index >= 15 is 0 Å². The van der Waals surface area contributed by atoms with Crippen LogP contribution in [-0.2, 0) is 3.02 Å². The fourth-order valence-corrected chi connectivity index (χ4v) is 0. The van der Waals surface area contributed by atoms with E-state index in [-0.39, 0.29) is 0 Å². The number of hydrogen-bond donors (Lipinski definition) is 1. The molecule has 0 bridgehead atoms. The van der Waals surface area contributed by atoms with E-state index in [0.717, 1.165) is 0 Å². The Labute approximate surface area is 47.0 Å². The Kier molecular flexibility index (Phi) is 13.7. The van der Waals surface area contributed by atoms with Crippen molar-refractivity contribution in [2.24, 2.45) is 0 Å². The quantitative estimate of drug-likeness (QED) is 0.306. The van der Waals surface area contributed by atoms with Crippen molar-refractivity contribution in [1.29, 1.82) is 0 Å². The van der Waals surface area contributed by atoms with E-state index in [9.17, 15) is 0 Å². The van der Waals surface area contributed by atoms with E-state index in [1.807, 2.05) is 0 Å². The molecule has 0 aromatic heterocycles. The molecule has 0 aliphatic heterocycles. The molecule has 0 spiro atoms. The molecule has 36 valence electrons. The van der Waals surface area contributed by atoms with E-state index in [2.05, 4.69) is 0 Å². The van der Waals surface area contributed by atoms with Crippen molar-refractivity contribution in [3.05, 3.63) is 10.1 Å². The number of hydrogen-bond acceptors (Lipinski definition) is 3. The third-order valence-corrected chi connectivity index (χ3v) is 0. The molecule has 0 saturated carbocycles. The summed E-state index contributed by atoms with van der Waals surface area (Å²) in [7, 11) is 0. The summed E-state index contributed by atoms with van der Waals surface area (Å²) in [5.74, 6) is 0. The van der Waals surface area contributed by atoms with Crippen LogP contribution in [0.15, 0.2) is 0 Å². The van der Waals surface area contributed by atoms with Crippen molar-refractivity contribution in [1.82, 2.24) is 0 Å². The Morgan fingerprint density at radius 2 is 1.67 bits per heavy atom. The Hall–Kier alpha value is -0.182. The van der Waals surface area contributed by atoms with Crippen LogP contribution in [-0.4, -0.2) is 33.3 Å². The van der Waals surface area contributed by atoms with Gasteiger partial charge in [-0.05, 0) is 0 Å². The zero-order valence-corrected chi connectivity index (χ0v) is 5.47. The summed E-state index contributed by atoms with van der Waals surface area (Å²) >= 11 is 0.300. The second-order valence-corrected chi connectivity index (χ2v) is 0.238. The van der Waals surface area contributed by atoms with Crippen LogP contribution in [0.5, 0.6) is 0 Å². The summed E-state index contributed by atoms with van der Waals surface area (Å²) in [5, 5.41) is 13.6. The summed E-state index contributed by atoms with van der Waals surface area (Å²) in [5.41, 5.74) is 0. The van der Waals surface area contributed by atoms with Gasteiger partial charge in [0.15, 0.2) is 0 Å². The van der Waals surface area contributed by atoms with Crippen molar-refractivity contribution in [3.8, 4) is 0 Å². The molecule has 0 aromatic rings. The average Bonchev–Trinajstić information content (AvgIpc) is 1.41. The molecule has 5 nitrogen and oxygen atoms in total. The molecule has 0 rings (SSSR count). The first-order chi connectivity index (χ1) is 2.73. The molecular formula is H2NO4Sb. The molecule has 6 heteroatoms. The summed E-state index contributed by atoms with van der Waals surface area (Å²) in [6, 6.07) is 0. The summed E-state index contributed by atoms with van der Waals surface area (Å²) < 4.78 is 8.34. The molecule has 0 fully saturated rings. The van der Waals surface area contributed by atoms with Gasteiger partial charge in [0.1, 0.15) is 0 Å². The fourth-order valence-electron chi connectivity index (χ4n) is 0. The summed E-state index contributed by atoms with van der Waals surface area (Å²) in [4.78, 5) is 8.36. The number of rotatable bonds is 0. The molecule has 0 aliphatic rings. The molecule has 0 radical (unpaired) electrons. The van der Waals surface area contributed by atoms with E-state index in [0.29, 0.717) is 23.0 Å². The van der Waals surface area contributed by atoms with Gasteiger partial charge in [0.25, 0.3) is 5.09 Å². The monoisotopic (exact) mass is 201 g/mol. The van der Waals surface area contributed by atoms with Crippen LogP contribution in [0, 0.1) is 10.1 Å². The predicted octanol–water partition coefficient (Wildman–Crippen LogP) is -1.12. The van der Waals surface area contributed by atoms with E-state index in [1.165, 1.54) is 0 Å². The van der Waals surface area contributed by atoms with Gasteiger partial charge >= 0.3 is 26.0 Å². The molecule has 6 heavy (non-hydrogen) atoms. The van der Waals surface area contributed by atoms with Crippen molar-refractivity contribution < 1.29 is 13.3 Å². The third-order valence-electron chi connectivity index (χ3n) is 0. The number of nitrogens with zero attached hydrogens (tertiary/aromatic N) is 1. The minimum atomic E-state index is -1.50. The van der Waals surface area contributed by atoms with Crippen molar-refractivity contribution >= 4 is 23.0 Å². The van der Waals surface area contributed by atoms with Crippen LogP contribution in [0.2, 0.25) is 0 Å². The maximum absolute atomic E-state index is 8.36. The van der Waals surface area contributed by atoms with Crippen LogP contribution >= 0.6 is 0 Å². The average molecular weight is 202 g/mol. The van der Waals surface area contributed by atoms with Gasteiger partial charge in [0, 0.05) is 0 Å². The first-order valence-corrected chi connectivity index (χ1v) is 1.93. The molecule has 0 atom stereocenters. The molecule has 0 saturated heterocycles. The van der Waals surface area contributed by atoms with Gasteiger partial charge in [0.2, 0.25) is 0 Å². The van der Waals surface area contributed by atoms with Crippen molar-refractivity contribution in [2.45, 2.75) is 0 Å². The van der Waals surface area contributed by atoms with Gasteiger partial charge in [-0.25, -0.2) is 0 Å². The molecule has 0 unspecified atom stereocenters. The van der Waals surface area contributed by atoms with E-state index in [1.54, 1.807) is 0 Å². The minimum absolute atomic E-state index is 0.300.